The molecule has 0 aliphatic rings. The van der Waals surface area contributed by atoms with Crippen molar-refractivity contribution in [3.05, 3.63) is 78.9 Å². The molecule has 1 unspecified atom stereocenters. The highest BCUT2D eigenvalue weighted by Crippen LogP contribution is 2.24. The largest absolute Gasteiger partial charge is 0.392 e. The summed E-state index contributed by atoms with van der Waals surface area (Å²) < 4.78 is 29.2. The van der Waals surface area contributed by atoms with Crippen LogP contribution in [-0.2, 0) is 21.4 Å². The molecule has 0 aliphatic heterocycles. The van der Waals surface area contributed by atoms with Gasteiger partial charge in [-0.25, -0.2) is 13.4 Å². The molecular weight excluding hydrogens is 466 g/mol. The van der Waals surface area contributed by atoms with Crippen molar-refractivity contribution in [1.29, 1.82) is 0 Å². The van der Waals surface area contributed by atoms with E-state index in [9.17, 15) is 18.3 Å². The standard InChI is InChI=1S/C25H27N5O4S/c1-18(31)16-26-25-28-22-13-6-7-14-23(22)30(25)17-24(32)27-19-9-8-12-21(15-19)35(33,34)29(2)20-10-4-3-5-11-20/h3-15,18,31H,16-17H2,1-2H3,(H,26,28)(H,27,32). The molecule has 1 aromatic heterocycles. The predicted molar refractivity (Wildman–Crippen MR) is 137 cm³/mol. The van der Waals surface area contributed by atoms with Gasteiger partial charge < -0.3 is 20.3 Å². The van der Waals surface area contributed by atoms with Gasteiger partial charge in [0.1, 0.15) is 6.54 Å². The first kappa shape index (κ1) is 24.2. The first-order chi connectivity index (χ1) is 16.8. The smallest absolute Gasteiger partial charge is 0.264 e. The van der Waals surface area contributed by atoms with Crippen LogP contribution in [0.5, 0.6) is 0 Å². The average molecular weight is 494 g/mol. The summed E-state index contributed by atoms with van der Waals surface area (Å²) in [5, 5.41) is 15.5. The van der Waals surface area contributed by atoms with E-state index >= 15 is 0 Å². The third-order valence-corrected chi connectivity index (χ3v) is 7.19. The number of sulfonamides is 1. The number of benzene rings is 3. The number of para-hydroxylation sites is 3. The fourth-order valence-electron chi connectivity index (χ4n) is 3.62. The Labute approximate surface area is 204 Å². The van der Waals surface area contributed by atoms with Gasteiger partial charge in [0, 0.05) is 19.3 Å². The maximum atomic E-state index is 13.1. The van der Waals surface area contributed by atoms with Gasteiger partial charge in [-0.15, -0.1) is 0 Å². The Balaban J connectivity index is 1.54. The predicted octanol–water partition coefficient (Wildman–Crippen LogP) is 3.29. The number of carbonyl (C=O) groups excluding carboxylic acids is 1. The van der Waals surface area contributed by atoms with E-state index in [-0.39, 0.29) is 23.9 Å². The molecule has 0 aliphatic carbocycles. The summed E-state index contributed by atoms with van der Waals surface area (Å²) in [5.41, 5.74) is 2.37. The highest BCUT2D eigenvalue weighted by molar-refractivity contribution is 7.92. The number of anilines is 3. The maximum absolute atomic E-state index is 13.1. The van der Waals surface area contributed by atoms with Crippen molar-refractivity contribution in [3.8, 4) is 0 Å². The van der Waals surface area contributed by atoms with Crippen molar-refractivity contribution < 1.29 is 18.3 Å². The Bertz CT molecular complexity index is 1430. The zero-order valence-corrected chi connectivity index (χ0v) is 20.2. The van der Waals surface area contributed by atoms with Gasteiger partial charge in [0.2, 0.25) is 11.9 Å². The lowest BCUT2D eigenvalue weighted by molar-refractivity contribution is -0.116. The van der Waals surface area contributed by atoms with Crippen molar-refractivity contribution in [2.24, 2.45) is 0 Å². The molecule has 0 bridgehead atoms. The van der Waals surface area contributed by atoms with Gasteiger partial charge in [-0.1, -0.05) is 36.4 Å². The van der Waals surface area contributed by atoms with Gasteiger partial charge >= 0.3 is 0 Å². The van der Waals surface area contributed by atoms with E-state index in [2.05, 4.69) is 15.6 Å². The molecule has 182 valence electrons. The molecule has 1 heterocycles. The van der Waals surface area contributed by atoms with Gasteiger partial charge in [0.25, 0.3) is 10.0 Å². The van der Waals surface area contributed by atoms with E-state index in [0.29, 0.717) is 22.8 Å². The Hall–Kier alpha value is -3.89. The number of imidazole rings is 1. The van der Waals surface area contributed by atoms with Crippen LogP contribution >= 0.6 is 0 Å². The number of aromatic nitrogens is 2. The topological polar surface area (TPSA) is 117 Å². The molecule has 0 saturated carbocycles. The number of amides is 1. The number of carbonyl (C=O) groups is 1. The fraction of sp³-hybridized carbons (Fsp3) is 0.200. The monoisotopic (exact) mass is 493 g/mol. The molecule has 0 radical (unpaired) electrons. The maximum Gasteiger partial charge on any atom is 0.264 e. The number of hydrogen-bond acceptors (Lipinski definition) is 6. The third-order valence-electron chi connectivity index (χ3n) is 5.41. The third kappa shape index (κ3) is 5.44. The van der Waals surface area contributed by atoms with Crippen molar-refractivity contribution in [2.75, 3.05) is 28.5 Å². The first-order valence-corrected chi connectivity index (χ1v) is 12.5. The SMILES string of the molecule is CC(O)CNc1nc2ccccc2n1CC(=O)Nc1cccc(S(=O)(=O)N(C)c2ccccc2)c1. The van der Waals surface area contributed by atoms with Gasteiger partial charge in [0.05, 0.1) is 27.7 Å². The van der Waals surface area contributed by atoms with Crippen molar-refractivity contribution in [2.45, 2.75) is 24.5 Å². The van der Waals surface area contributed by atoms with Crippen LogP contribution < -0.4 is 14.9 Å². The summed E-state index contributed by atoms with van der Waals surface area (Å²) in [6, 6.07) is 22.3. The molecule has 3 aromatic carbocycles. The highest BCUT2D eigenvalue weighted by atomic mass is 32.2. The van der Waals surface area contributed by atoms with Crippen molar-refractivity contribution >= 4 is 44.3 Å². The Kier molecular flexibility index (Phi) is 7.04. The van der Waals surface area contributed by atoms with E-state index < -0.39 is 16.1 Å². The van der Waals surface area contributed by atoms with Crippen LogP contribution in [0.4, 0.5) is 17.3 Å². The minimum atomic E-state index is -3.82. The van der Waals surface area contributed by atoms with E-state index in [0.717, 1.165) is 5.52 Å². The van der Waals surface area contributed by atoms with E-state index in [1.54, 1.807) is 47.9 Å². The summed E-state index contributed by atoms with van der Waals surface area (Å²) in [4.78, 5) is 17.5. The fourth-order valence-corrected chi connectivity index (χ4v) is 4.86. The summed E-state index contributed by atoms with van der Waals surface area (Å²) in [6.45, 7) is 1.88. The van der Waals surface area contributed by atoms with Crippen LogP contribution in [0.3, 0.4) is 0 Å². The van der Waals surface area contributed by atoms with Crippen LogP contribution in [-0.4, -0.2) is 48.7 Å². The van der Waals surface area contributed by atoms with Crippen molar-refractivity contribution in [1.82, 2.24) is 9.55 Å². The number of hydrogen-bond donors (Lipinski definition) is 3. The zero-order valence-electron chi connectivity index (χ0n) is 19.4. The van der Waals surface area contributed by atoms with Crippen LogP contribution in [0.25, 0.3) is 11.0 Å². The minimum Gasteiger partial charge on any atom is -0.392 e. The van der Waals surface area contributed by atoms with Crippen LogP contribution in [0.1, 0.15) is 6.92 Å². The Morgan fingerprint density at radius 1 is 1.06 bits per heavy atom. The lowest BCUT2D eigenvalue weighted by Crippen LogP contribution is -2.26. The molecule has 1 amide bonds. The molecule has 0 saturated heterocycles. The molecule has 4 rings (SSSR count). The lowest BCUT2D eigenvalue weighted by Gasteiger charge is -2.20. The number of nitrogens with zero attached hydrogens (tertiary/aromatic N) is 3. The summed E-state index contributed by atoms with van der Waals surface area (Å²) in [6.07, 6.45) is -0.587. The first-order valence-electron chi connectivity index (χ1n) is 11.1. The molecular formula is C25H27N5O4S. The van der Waals surface area contributed by atoms with Crippen LogP contribution in [0, 0.1) is 0 Å². The van der Waals surface area contributed by atoms with E-state index in [4.69, 9.17) is 0 Å². The molecule has 10 heteroatoms. The van der Waals surface area contributed by atoms with Crippen molar-refractivity contribution in [3.63, 3.8) is 0 Å². The van der Waals surface area contributed by atoms with Gasteiger partial charge in [0.15, 0.2) is 0 Å². The molecule has 3 N–H and O–H groups in total. The molecule has 0 spiro atoms. The van der Waals surface area contributed by atoms with Gasteiger partial charge in [-0.3, -0.25) is 9.10 Å². The number of aliphatic hydroxyl groups excluding tert-OH is 1. The van der Waals surface area contributed by atoms with Crippen LogP contribution in [0.2, 0.25) is 0 Å². The minimum absolute atomic E-state index is 0.0520. The zero-order chi connectivity index (χ0) is 25.0. The summed E-state index contributed by atoms with van der Waals surface area (Å²) in [5.74, 6) is 0.113. The Morgan fingerprint density at radius 3 is 2.51 bits per heavy atom. The quantitative estimate of drug-likeness (QED) is 0.329. The summed E-state index contributed by atoms with van der Waals surface area (Å²) >= 11 is 0. The lowest BCUT2D eigenvalue weighted by atomic mass is 10.3. The molecule has 4 aromatic rings. The average Bonchev–Trinajstić information content (AvgIpc) is 3.20. The van der Waals surface area contributed by atoms with Gasteiger partial charge in [-0.2, -0.15) is 0 Å². The molecule has 35 heavy (non-hydrogen) atoms. The van der Waals surface area contributed by atoms with Gasteiger partial charge in [-0.05, 0) is 49.4 Å². The number of fused-ring (bicyclic) bond motifs is 1. The van der Waals surface area contributed by atoms with Crippen LogP contribution in [0.15, 0.2) is 83.8 Å². The Morgan fingerprint density at radius 2 is 1.77 bits per heavy atom. The number of aliphatic hydroxyl groups is 1. The van der Waals surface area contributed by atoms with E-state index in [1.807, 2.05) is 30.3 Å². The normalized spacial score (nSPS) is 12.3. The highest BCUT2D eigenvalue weighted by Gasteiger charge is 2.22. The molecule has 0 fully saturated rings. The van der Waals surface area contributed by atoms with E-state index in [1.165, 1.54) is 23.5 Å². The summed E-state index contributed by atoms with van der Waals surface area (Å²) in [7, 11) is -2.33. The number of rotatable bonds is 9. The molecule has 9 nitrogen and oxygen atoms in total. The second-order valence-electron chi connectivity index (χ2n) is 8.12. The molecule has 1 atom stereocenters. The number of nitrogens with one attached hydrogen (secondary N) is 2. The second kappa shape index (κ2) is 10.2. The second-order valence-corrected chi connectivity index (χ2v) is 10.1.